The minimum atomic E-state index is -0.860. The monoisotopic (exact) mass is 212 g/mol. The van der Waals surface area contributed by atoms with E-state index in [0.29, 0.717) is 25.7 Å². The van der Waals surface area contributed by atoms with Gasteiger partial charge in [-0.15, -0.1) is 0 Å². The molecular formula is C8H13KO4. The number of carboxylic acid groups (broad SMARTS) is 2. The molecule has 1 aliphatic carbocycles. The minimum absolute atomic E-state index is 0. The quantitative estimate of drug-likeness (QED) is 0.646. The number of hydrogen-bond acceptors (Lipinski definition) is 2. The zero-order valence-corrected chi connectivity index (χ0v) is 6.69. The molecule has 1 aliphatic rings. The van der Waals surface area contributed by atoms with Crippen molar-refractivity contribution in [1.82, 2.24) is 0 Å². The molecule has 1 saturated carbocycles. The van der Waals surface area contributed by atoms with Gasteiger partial charge in [0.2, 0.25) is 0 Å². The number of hydrogen-bond donors (Lipinski definition) is 2. The van der Waals surface area contributed by atoms with Gasteiger partial charge in [0.05, 0.1) is 11.8 Å². The SMILES string of the molecule is O=C(O)C1CCCC(C(=O)O)C1.[KH]. The molecule has 5 heteroatoms. The van der Waals surface area contributed by atoms with Crippen LogP contribution in [0.3, 0.4) is 0 Å². The second-order valence-corrected chi connectivity index (χ2v) is 3.24. The molecule has 1 fully saturated rings. The number of carboxylic acids is 2. The van der Waals surface area contributed by atoms with Crippen LogP contribution in [0.25, 0.3) is 0 Å². The van der Waals surface area contributed by atoms with E-state index in [4.69, 9.17) is 10.2 Å². The van der Waals surface area contributed by atoms with E-state index in [9.17, 15) is 9.59 Å². The summed E-state index contributed by atoms with van der Waals surface area (Å²) in [5, 5.41) is 17.3. The van der Waals surface area contributed by atoms with Gasteiger partial charge in [-0.2, -0.15) is 0 Å². The summed E-state index contributed by atoms with van der Waals surface area (Å²) >= 11 is 0. The van der Waals surface area contributed by atoms with E-state index in [1.807, 2.05) is 0 Å². The molecular weight excluding hydrogens is 199 g/mol. The molecule has 1 rings (SSSR count). The predicted octanol–water partition coefficient (Wildman–Crippen LogP) is 0.314. The van der Waals surface area contributed by atoms with Crippen molar-refractivity contribution in [3.63, 3.8) is 0 Å². The fraction of sp³-hybridized carbons (Fsp3) is 0.750. The summed E-state index contributed by atoms with van der Waals surface area (Å²) < 4.78 is 0. The van der Waals surface area contributed by atoms with Gasteiger partial charge in [-0.1, -0.05) is 6.42 Å². The normalized spacial score (nSPS) is 27.4. The van der Waals surface area contributed by atoms with Crippen molar-refractivity contribution in [2.24, 2.45) is 11.8 Å². The van der Waals surface area contributed by atoms with E-state index in [1.54, 1.807) is 0 Å². The van der Waals surface area contributed by atoms with Gasteiger partial charge in [-0.25, -0.2) is 0 Å². The molecule has 0 bridgehead atoms. The van der Waals surface area contributed by atoms with E-state index in [0.717, 1.165) is 0 Å². The molecule has 2 N–H and O–H groups in total. The first-order valence-corrected chi connectivity index (χ1v) is 4.07. The Labute approximate surface area is 119 Å². The van der Waals surface area contributed by atoms with Crippen molar-refractivity contribution in [3.8, 4) is 0 Å². The Hall–Kier alpha value is 0.576. The first-order chi connectivity index (χ1) is 5.61. The van der Waals surface area contributed by atoms with Gasteiger partial charge in [0, 0.05) is 0 Å². The molecule has 2 unspecified atom stereocenters. The van der Waals surface area contributed by atoms with Crippen LogP contribution < -0.4 is 0 Å². The topological polar surface area (TPSA) is 74.6 Å². The average Bonchev–Trinajstić information content (AvgIpc) is 2.04. The Bertz CT molecular complexity index is 184. The van der Waals surface area contributed by atoms with Crippen LogP contribution in [0, 0.1) is 11.8 Å². The third-order valence-corrected chi connectivity index (χ3v) is 2.37. The van der Waals surface area contributed by atoms with Crippen LogP contribution in [-0.2, 0) is 9.59 Å². The first-order valence-electron chi connectivity index (χ1n) is 4.07. The third kappa shape index (κ3) is 4.08. The molecule has 0 radical (unpaired) electrons. The van der Waals surface area contributed by atoms with Crippen LogP contribution in [0.2, 0.25) is 0 Å². The number of carbonyl (C=O) groups is 2. The molecule has 4 nitrogen and oxygen atoms in total. The Kier molecular flexibility index (Phi) is 6.41. The Morgan fingerprint density at radius 1 is 1.00 bits per heavy atom. The molecule has 0 aromatic carbocycles. The molecule has 0 spiro atoms. The molecule has 2 atom stereocenters. The van der Waals surface area contributed by atoms with Gasteiger partial charge in [0.15, 0.2) is 0 Å². The summed E-state index contributed by atoms with van der Waals surface area (Å²) in [6.45, 7) is 0. The van der Waals surface area contributed by atoms with Crippen molar-refractivity contribution >= 4 is 63.3 Å². The summed E-state index contributed by atoms with van der Waals surface area (Å²) in [6, 6.07) is 0. The summed E-state index contributed by atoms with van der Waals surface area (Å²) in [6.07, 6.45) is 2.26. The van der Waals surface area contributed by atoms with Crippen LogP contribution in [-0.4, -0.2) is 73.5 Å². The van der Waals surface area contributed by atoms with Gasteiger partial charge in [-0.3, -0.25) is 9.59 Å². The summed E-state index contributed by atoms with van der Waals surface area (Å²) in [5.74, 6) is -2.61. The molecule has 0 amide bonds. The van der Waals surface area contributed by atoms with Crippen molar-refractivity contribution in [2.75, 3.05) is 0 Å². The van der Waals surface area contributed by atoms with Crippen molar-refractivity contribution in [2.45, 2.75) is 25.7 Å². The van der Waals surface area contributed by atoms with Gasteiger partial charge in [-0.05, 0) is 19.3 Å². The average molecular weight is 212 g/mol. The van der Waals surface area contributed by atoms with Gasteiger partial charge in [0.1, 0.15) is 0 Å². The van der Waals surface area contributed by atoms with Crippen LogP contribution >= 0.6 is 0 Å². The second kappa shape index (κ2) is 6.13. The van der Waals surface area contributed by atoms with Crippen LogP contribution in [0.4, 0.5) is 0 Å². The molecule has 13 heavy (non-hydrogen) atoms. The van der Waals surface area contributed by atoms with E-state index in [-0.39, 0.29) is 51.4 Å². The maximum absolute atomic E-state index is 10.5. The zero-order valence-electron chi connectivity index (χ0n) is 6.69. The van der Waals surface area contributed by atoms with Gasteiger partial charge in [0.25, 0.3) is 0 Å². The maximum atomic E-state index is 10.5. The fourth-order valence-corrected chi connectivity index (χ4v) is 1.64. The number of aliphatic carboxylic acids is 2. The molecule has 0 aliphatic heterocycles. The molecule has 0 aromatic heterocycles. The molecule has 0 aromatic rings. The van der Waals surface area contributed by atoms with Crippen molar-refractivity contribution in [1.29, 1.82) is 0 Å². The third-order valence-electron chi connectivity index (χ3n) is 2.37. The van der Waals surface area contributed by atoms with E-state index in [1.165, 1.54) is 0 Å². The Morgan fingerprint density at radius 2 is 1.38 bits per heavy atom. The van der Waals surface area contributed by atoms with Gasteiger partial charge >= 0.3 is 63.3 Å². The van der Waals surface area contributed by atoms with Gasteiger partial charge < -0.3 is 10.2 Å². The van der Waals surface area contributed by atoms with Crippen LogP contribution in [0.5, 0.6) is 0 Å². The molecule has 0 saturated heterocycles. The standard InChI is InChI=1S/C8H12O4.K.H/c9-7(10)5-2-1-3-6(4-5)8(11)12;;/h5-6H,1-4H2,(H,9,10)(H,11,12);;. The van der Waals surface area contributed by atoms with Crippen LogP contribution in [0.15, 0.2) is 0 Å². The van der Waals surface area contributed by atoms with E-state index < -0.39 is 23.8 Å². The molecule has 0 heterocycles. The summed E-state index contributed by atoms with van der Waals surface area (Å²) in [7, 11) is 0. The fourth-order valence-electron chi connectivity index (χ4n) is 1.64. The number of rotatable bonds is 2. The van der Waals surface area contributed by atoms with Crippen molar-refractivity contribution in [3.05, 3.63) is 0 Å². The van der Waals surface area contributed by atoms with E-state index in [2.05, 4.69) is 0 Å². The molecule has 70 valence electrons. The van der Waals surface area contributed by atoms with E-state index >= 15 is 0 Å². The first kappa shape index (κ1) is 13.6. The van der Waals surface area contributed by atoms with Crippen LogP contribution in [0.1, 0.15) is 25.7 Å². The second-order valence-electron chi connectivity index (χ2n) is 3.24. The summed E-state index contributed by atoms with van der Waals surface area (Å²) in [4.78, 5) is 21.1. The Balaban J connectivity index is 0.00000144. The van der Waals surface area contributed by atoms with Crippen molar-refractivity contribution < 1.29 is 19.8 Å². The Morgan fingerprint density at radius 3 is 1.69 bits per heavy atom. The predicted molar refractivity (Wildman–Crippen MR) is 47.9 cm³/mol. The summed E-state index contributed by atoms with van der Waals surface area (Å²) in [5.41, 5.74) is 0. The zero-order chi connectivity index (χ0) is 9.14.